The molecular weight excluding hydrogens is 364 g/mol. The molecule has 6 fully saturated rings. The summed E-state index contributed by atoms with van der Waals surface area (Å²) in [6, 6.07) is 0.670. The monoisotopic (exact) mass is 396 g/mol. The molecule has 4 bridgehead atoms. The molecule has 29 heavy (non-hydrogen) atoms. The standard InChI is InChI=1S/C23H32N4O2/c28-21(26-19-15-7-13-8-16(19)11-23(29,9-13)10-15)18-12-24-22(25-17-3-1-2-4-17)27-20(18)14-5-6-14/h12-17,19,29H,1-11H2,(H,26,28)(H,24,25,27)/t13?,15?,16?,19-,23+. The molecule has 2 unspecified atom stereocenters. The Kier molecular flexibility index (Phi) is 4.16. The number of nitrogens with one attached hydrogen (secondary N) is 2. The minimum atomic E-state index is -0.465. The van der Waals surface area contributed by atoms with E-state index in [1.54, 1.807) is 6.20 Å². The molecule has 1 aromatic rings. The molecule has 6 aliphatic carbocycles. The fourth-order valence-corrected chi connectivity index (χ4v) is 7.01. The zero-order valence-corrected chi connectivity index (χ0v) is 17.1. The van der Waals surface area contributed by atoms with Gasteiger partial charge in [-0.3, -0.25) is 4.79 Å². The predicted molar refractivity (Wildman–Crippen MR) is 110 cm³/mol. The van der Waals surface area contributed by atoms with E-state index in [1.165, 1.54) is 25.7 Å². The van der Waals surface area contributed by atoms with Crippen LogP contribution in [0.5, 0.6) is 0 Å². The zero-order chi connectivity index (χ0) is 19.6. The fourth-order valence-electron chi connectivity index (χ4n) is 7.01. The lowest BCUT2D eigenvalue weighted by atomic mass is 9.52. The smallest absolute Gasteiger partial charge is 0.254 e. The number of carbonyl (C=O) groups excluding carboxylic acids is 1. The number of hydrogen-bond acceptors (Lipinski definition) is 5. The van der Waals surface area contributed by atoms with Crippen molar-refractivity contribution in [3.8, 4) is 0 Å². The molecule has 6 saturated carbocycles. The molecule has 0 spiro atoms. The summed E-state index contributed by atoms with van der Waals surface area (Å²) in [7, 11) is 0. The van der Waals surface area contributed by atoms with E-state index < -0.39 is 5.60 Å². The minimum absolute atomic E-state index is 0.0104. The van der Waals surface area contributed by atoms with Crippen molar-refractivity contribution < 1.29 is 9.90 Å². The van der Waals surface area contributed by atoms with Gasteiger partial charge in [0.2, 0.25) is 5.95 Å². The van der Waals surface area contributed by atoms with Gasteiger partial charge in [0.25, 0.3) is 5.91 Å². The van der Waals surface area contributed by atoms with Crippen LogP contribution in [0, 0.1) is 17.8 Å². The van der Waals surface area contributed by atoms with Gasteiger partial charge in [-0.05, 0) is 75.5 Å². The summed E-state index contributed by atoms with van der Waals surface area (Å²) < 4.78 is 0. The average molecular weight is 397 g/mol. The second-order valence-corrected chi connectivity index (χ2v) is 10.6. The SMILES string of the molecule is O=C(N[C@H]1C2CC3CC1C[C@@](O)(C3)C2)c1cnc(NC2CCCC2)nc1C1CC1. The molecule has 0 radical (unpaired) electrons. The maximum Gasteiger partial charge on any atom is 0.254 e. The second-order valence-electron chi connectivity index (χ2n) is 10.6. The van der Waals surface area contributed by atoms with Crippen molar-refractivity contribution in [2.75, 3.05) is 5.32 Å². The summed E-state index contributed by atoms with van der Waals surface area (Å²) >= 11 is 0. The van der Waals surface area contributed by atoms with Gasteiger partial charge >= 0.3 is 0 Å². The summed E-state index contributed by atoms with van der Waals surface area (Å²) in [6.07, 6.45) is 13.9. The fraction of sp³-hybridized carbons (Fsp3) is 0.783. The van der Waals surface area contributed by atoms with Crippen molar-refractivity contribution >= 4 is 11.9 Å². The van der Waals surface area contributed by atoms with Gasteiger partial charge in [0.05, 0.1) is 16.9 Å². The molecule has 1 heterocycles. The number of hydrogen-bond donors (Lipinski definition) is 3. The van der Waals surface area contributed by atoms with Gasteiger partial charge < -0.3 is 15.7 Å². The Hall–Kier alpha value is -1.69. The first-order chi connectivity index (χ1) is 14.1. The minimum Gasteiger partial charge on any atom is -0.390 e. The van der Waals surface area contributed by atoms with Gasteiger partial charge in [0.15, 0.2) is 0 Å². The number of nitrogens with zero attached hydrogens (tertiary/aromatic N) is 2. The van der Waals surface area contributed by atoms with Crippen LogP contribution in [-0.2, 0) is 0 Å². The molecule has 6 aliphatic rings. The summed E-state index contributed by atoms with van der Waals surface area (Å²) in [6.45, 7) is 0. The lowest BCUT2D eigenvalue weighted by molar-refractivity contribution is -0.136. The summed E-state index contributed by atoms with van der Waals surface area (Å²) in [5.74, 6) is 2.57. The zero-order valence-electron chi connectivity index (χ0n) is 17.1. The Morgan fingerprint density at radius 3 is 2.45 bits per heavy atom. The van der Waals surface area contributed by atoms with Crippen LogP contribution in [0.2, 0.25) is 0 Å². The van der Waals surface area contributed by atoms with Gasteiger partial charge in [0.1, 0.15) is 0 Å². The number of amides is 1. The molecule has 0 aliphatic heterocycles. The van der Waals surface area contributed by atoms with Crippen LogP contribution in [0.1, 0.15) is 92.6 Å². The predicted octanol–water partition coefficient (Wildman–Crippen LogP) is 3.38. The van der Waals surface area contributed by atoms with Crippen molar-refractivity contribution in [2.45, 2.75) is 94.2 Å². The van der Waals surface area contributed by atoms with E-state index in [0.717, 1.165) is 50.6 Å². The quantitative estimate of drug-likeness (QED) is 0.710. The molecular formula is C23H32N4O2. The van der Waals surface area contributed by atoms with Gasteiger partial charge in [-0.15, -0.1) is 0 Å². The van der Waals surface area contributed by atoms with Gasteiger partial charge in [-0.1, -0.05) is 12.8 Å². The first kappa shape index (κ1) is 18.1. The van der Waals surface area contributed by atoms with Crippen LogP contribution in [-0.4, -0.2) is 38.7 Å². The van der Waals surface area contributed by atoms with Crippen LogP contribution in [0.4, 0.5) is 5.95 Å². The van der Waals surface area contributed by atoms with Gasteiger partial charge in [0, 0.05) is 24.2 Å². The average Bonchev–Trinajstić information content (AvgIpc) is 3.40. The van der Waals surface area contributed by atoms with Crippen molar-refractivity contribution in [3.05, 3.63) is 17.5 Å². The highest BCUT2D eigenvalue weighted by Crippen LogP contribution is 2.55. The molecule has 6 heteroatoms. The highest BCUT2D eigenvalue weighted by molar-refractivity contribution is 5.95. The first-order valence-corrected chi connectivity index (χ1v) is 11.7. The van der Waals surface area contributed by atoms with E-state index in [2.05, 4.69) is 15.6 Å². The van der Waals surface area contributed by atoms with Crippen molar-refractivity contribution in [1.82, 2.24) is 15.3 Å². The molecule has 2 atom stereocenters. The van der Waals surface area contributed by atoms with Crippen LogP contribution in [0.25, 0.3) is 0 Å². The van der Waals surface area contributed by atoms with Crippen LogP contribution in [0.3, 0.4) is 0 Å². The largest absolute Gasteiger partial charge is 0.390 e. The molecule has 0 saturated heterocycles. The molecule has 1 aromatic heterocycles. The third-order valence-electron chi connectivity index (χ3n) is 8.25. The van der Waals surface area contributed by atoms with E-state index in [0.29, 0.717) is 41.2 Å². The molecule has 7 rings (SSSR count). The van der Waals surface area contributed by atoms with Crippen molar-refractivity contribution in [2.24, 2.45) is 17.8 Å². The Balaban J connectivity index is 1.20. The Morgan fingerprint density at radius 1 is 1.07 bits per heavy atom. The number of aromatic nitrogens is 2. The second kappa shape index (κ2) is 6.66. The first-order valence-electron chi connectivity index (χ1n) is 11.7. The maximum atomic E-state index is 13.3. The number of rotatable bonds is 5. The number of aliphatic hydroxyl groups is 1. The Bertz CT molecular complexity index is 801. The Labute approximate surface area is 172 Å². The van der Waals surface area contributed by atoms with Crippen molar-refractivity contribution in [3.63, 3.8) is 0 Å². The lowest BCUT2D eigenvalue weighted by Crippen LogP contribution is -2.61. The van der Waals surface area contributed by atoms with E-state index in [-0.39, 0.29) is 11.9 Å². The molecule has 156 valence electrons. The molecule has 1 amide bonds. The van der Waals surface area contributed by atoms with Crippen LogP contribution < -0.4 is 10.6 Å². The third-order valence-corrected chi connectivity index (χ3v) is 8.25. The molecule has 3 N–H and O–H groups in total. The third kappa shape index (κ3) is 3.33. The summed E-state index contributed by atoms with van der Waals surface area (Å²) in [5, 5.41) is 17.6. The maximum absolute atomic E-state index is 13.3. The highest BCUT2D eigenvalue weighted by Gasteiger charge is 2.55. The van der Waals surface area contributed by atoms with E-state index in [4.69, 9.17) is 4.98 Å². The highest BCUT2D eigenvalue weighted by atomic mass is 16.3. The van der Waals surface area contributed by atoms with E-state index >= 15 is 0 Å². The van der Waals surface area contributed by atoms with Crippen molar-refractivity contribution in [1.29, 1.82) is 0 Å². The topological polar surface area (TPSA) is 87.1 Å². The summed E-state index contributed by atoms with van der Waals surface area (Å²) in [4.78, 5) is 22.5. The number of anilines is 1. The van der Waals surface area contributed by atoms with Gasteiger partial charge in [-0.25, -0.2) is 9.97 Å². The Morgan fingerprint density at radius 2 is 1.79 bits per heavy atom. The van der Waals surface area contributed by atoms with Crippen LogP contribution >= 0.6 is 0 Å². The van der Waals surface area contributed by atoms with Gasteiger partial charge in [-0.2, -0.15) is 0 Å². The van der Waals surface area contributed by atoms with E-state index in [1.807, 2.05) is 0 Å². The molecule has 6 nitrogen and oxygen atoms in total. The lowest BCUT2D eigenvalue weighted by Gasteiger charge is -2.58. The normalized spacial score (nSPS) is 38.4. The van der Waals surface area contributed by atoms with E-state index in [9.17, 15) is 9.90 Å². The summed E-state index contributed by atoms with van der Waals surface area (Å²) in [5.41, 5.74) is 1.13. The molecule has 0 aromatic carbocycles. The van der Waals surface area contributed by atoms with Crippen LogP contribution in [0.15, 0.2) is 6.20 Å². The number of carbonyl (C=O) groups is 1.